The number of piperidine rings is 1. The predicted molar refractivity (Wildman–Crippen MR) is 142 cm³/mol. The van der Waals surface area contributed by atoms with Crippen molar-refractivity contribution >= 4 is 11.7 Å². The summed E-state index contributed by atoms with van der Waals surface area (Å²) >= 11 is 0. The van der Waals surface area contributed by atoms with Crippen LogP contribution in [0.25, 0.3) is 11.1 Å². The van der Waals surface area contributed by atoms with Gasteiger partial charge < -0.3 is 10.0 Å². The van der Waals surface area contributed by atoms with Gasteiger partial charge in [0.05, 0.1) is 11.5 Å². The monoisotopic (exact) mass is 563 g/mol. The predicted octanol–water partition coefficient (Wildman–Crippen LogP) is 8.38. The number of carboxylic acid groups (broad SMARTS) is 1. The van der Waals surface area contributed by atoms with E-state index in [0.717, 1.165) is 17.7 Å². The highest BCUT2D eigenvalue weighted by Gasteiger charge is 2.35. The smallest absolute Gasteiger partial charge is 0.416 e. The largest absolute Gasteiger partial charge is 0.481 e. The van der Waals surface area contributed by atoms with Crippen molar-refractivity contribution in [1.29, 1.82) is 0 Å². The normalized spacial score (nSPS) is 16.1. The summed E-state index contributed by atoms with van der Waals surface area (Å²) in [5.41, 5.74) is 2.94. The summed E-state index contributed by atoms with van der Waals surface area (Å²) in [6, 6.07) is 14.3. The van der Waals surface area contributed by atoms with Crippen LogP contribution in [0.2, 0.25) is 0 Å². The second-order valence-corrected chi connectivity index (χ2v) is 10.3. The summed E-state index contributed by atoms with van der Waals surface area (Å²) in [5.74, 6) is -4.90. The molecule has 1 N–H and O–H groups in total. The molecule has 3 aromatic rings. The zero-order chi connectivity index (χ0) is 29.1. The first-order chi connectivity index (χ1) is 18.9. The van der Waals surface area contributed by atoms with Crippen LogP contribution in [0.3, 0.4) is 0 Å². The van der Waals surface area contributed by atoms with E-state index >= 15 is 0 Å². The number of nitrogens with zero attached hydrogens (tertiary/aromatic N) is 1. The maximum Gasteiger partial charge on any atom is 0.416 e. The van der Waals surface area contributed by atoms with Crippen molar-refractivity contribution in [3.8, 4) is 11.1 Å². The molecule has 0 amide bonds. The molecular formula is C31H31F6NO2. The number of alkyl halides is 5. The fourth-order valence-electron chi connectivity index (χ4n) is 5.32. The highest BCUT2D eigenvalue weighted by Crippen LogP contribution is 2.37. The molecular weight excluding hydrogens is 532 g/mol. The van der Waals surface area contributed by atoms with Crippen molar-refractivity contribution < 1.29 is 36.2 Å². The molecule has 214 valence electrons. The fraction of sp³-hybridized carbons (Fsp3) is 0.387. The first kappa shape index (κ1) is 29.5. The van der Waals surface area contributed by atoms with Gasteiger partial charge in [-0.25, -0.2) is 13.2 Å². The molecule has 4 rings (SSSR count). The van der Waals surface area contributed by atoms with Crippen molar-refractivity contribution in [3.63, 3.8) is 0 Å². The molecule has 0 bridgehead atoms. The quantitative estimate of drug-likeness (QED) is 0.266. The molecule has 1 unspecified atom stereocenters. The number of halogens is 6. The number of benzene rings is 3. The van der Waals surface area contributed by atoms with Gasteiger partial charge in [0.1, 0.15) is 5.82 Å². The summed E-state index contributed by atoms with van der Waals surface area (Å²) in [4.78, 5) is 13.7. The average molecular weight is 564 g/mol. The van der Waals surface area contributed by atoms with Crippen LogP contribution in [-0.2, 0) is 23.8 Å². The Bertz CT molecular complexity index is 1330. The van der Waals surface area contributed by atoms with E-state index in [2.05, 4.69) is 0 Å². The van der Waals surface area contributed by atoms with Gasteiger partial charge in [-0.1, -0.05) is 49.7 Å². The summed E-state index contributed by atoms with van der Waals surface area (Å²) in [5, 5.41) is 9.81. The van der Waals surface area contributed by atoms with Gasteiger partial charge in [0.25, 0.3) is 5.92 Å². The molecule has 40 heavy (non-hydrogen) atoms. The minimum Gasteiger partial charge on any atom is -0.481 e. The van der Waals surface area contributed by atoms with Gasteiger partial charge in [-0.2, -0.15) is 13.2 Å². The zero-order valence-electron chi connectivity index (χ0n) is 22.1. The Morgan fingerprint density at radius 3 is 2.27 bits per heavy atom. The Morgan fingerprint density at radius 2 is 1.68 bits per heavy atom. The highest BCUT2D eigenvalue weighted by atomic mass is 19.4. The lowest BCUT2D eigenvalue weighted by Gasteiger charge is -2.34. The number of rotatable bonds is 9. The number of aliphatic carboxylic acids is 1. The van der Waals surface area contributed by atoms with Gasteiger partial charge >= 0.3 is 12.1 Å². The third-order valence-electron chi connectivity index (χ3n) is 7.50. The summed E-state index contributed by atoms with van der Waals surface area (Å²) < 4.78 is 81.7. The SMILES string of the molecule is CCCC(Cc1cccc(-c2ccc(C(F)(F)F)cc2)c1Cc1ccc(F)cc1N1CCC(F)(F)CC1)C(=O)O. The van der Waals surface area contributed by atoms with Crippen LogP contribution in [0.4, 0.5) is 32.0 Å². The van der Waals surface area contributed by atoms with Crippen molar-refractivity contribution in [3.05, 3.63) is 88.7 Å². The van der Waals surface area contributed by atoms with Crippen molar-refractivity contribution in [2.45, 2.75) is 57.5 Å². The minimum absolute atomic E-state index is 0.0500. The molecule has 1 fully saturated rings. The molecule has 0 spiro atoms. The van der Waals surface area contributed by atoms with Gasteiger partial charge in [-0.05, 0) is 64.9 Å². The van der Waals surface area contributed by atoms with Crippen molar-refractivity contribution in [1.82, 2.24) is 0 Å². The van der Waals surface area contributed by atoms with E-state index < -0.39 is 35.4 Å². The molecule has 0 radical (unpaired) electrons. The highest BCUT2D eigenvalue weighted by molar-refractivity contribution is 5.73. The van der Waals surface area contributed by atoms with E-state index in [-0.39, 0.29) is 38.8 Å². The Balaban J connectivity index is 1.80. The molecule has 3 aromatic carbocycles. The Kier molecular flexibility index (Phi) is 8.80. The summed E-state index contributed by atoms with van der Waals surface area (Å²) in [6.07, 6.45) is -3.67. The molecule has 9 heteroatoms. The molecule has 1 aliphatic heterocycles. The lowest BCUT2D eigenvalue weighted by atomic mass is 9.85. The molecule has 0 saturated carbocycles. The Morgan fingerprint density at radius 1 is 1.00 bits per heavy atom. The third kappa shape index (κ3) is 6.98. The lowest BCUT2D eigenvalue weighted by Crippen LogP contribution is -2.39. The third-order valence-corrected chi connectivity index (χ3v) is 7.50. The van der Waals surface area contributed by atoms with Crippen LogP contribution in [0.5, 0.6) is 0 Å². The molecule has 3 nitrogen and oxygen atoms in total. The number of anilines is 1. The van der Waals surface area contributed by atoms with Crippen LogP contribution in [0.1, 0.15) is 54.9 Å². The van der Waals surface area contributed by atoms with E-state index in [0.29, 0.717) is 40.8 Å². The minimum atomic E-state index is -4.49. The maximum atomic E-state index is 14.4. The van der Waals surface area contributed by atoms with Crippen LogP contribution in [0.15, 0.2) is 60.7 Å². The Labute approximate surface area is 229 Å². The van der Waals surface area contributed by atoms with Crippen LogP contribution >= 0.6 is 0 Å². The number of hydrogen-bond donors (Lipinski definition) is 1. The van der Waals surface area contributed by atoms with E-state index in [1.807, 2.05) is 6.92 Å². The van der Waals surface area contributed by atoms with Gasteiger partial charge in [0.15, 0.2) is 0 Å². The van der Waals surface area contributed by atoms with Gasteiger partial charge in [0.2, 0.25) is 0 Å². The number of carbonyl (C=O) groups is 1. The maximum absolute atomic E-state index is 14.4. The summed E-state index contributed by atoms with van der Waals surface area (Å²) in [7, 11) is 0. The van der Waals surface area contributed by atoms with Crippen LogP contribution in [0, 0.1) is 11.7 Å². The van der Waals surface area contributed by atoms with Crippen molar-refractivity contribution in [2.75, 3.05) is 18.0 Å². The lowest BCUT2D eigenvalue weighted by molar-refractivity contribution is -0.142. The van der Waals surface area contributed by atoms with Crippen LogP contribution in [-0.4, -0.2) is 30.1 Å². The molecule has 1 saturated heterocycles. The van der Waals surface area contributed by atoms with E-state index in [9.17, 15) is 36.2 Å². The average Bonchev–Trinajstić information content (AvgIpc) is 2.90. The van der Waals surface area contributed by atoms with E-state index in [4.69, 9.17) is 0 Å². The first-order valence-corrected chi connectivity index (χ1v) is 13.3. The van der Waals surface area contributed by atoms with Crippen LogP contribution < -0.4 is 4.90 Å². The van der Waals surface area contributed by atoms with Gasteiger partial charge in [0, 0.05) is 38.0 Å². The second kappa shape index (κ2) is 11.9. The van der Waals surface area contributed by atoms with Gasteiger partial charge in [-0.15, -0.1) is 0 Å². The molecule has 0 aromatic heterocycles. The molecule has 1 heterocycles. The number of hydrogen-bond acceptors (Lipinski definition) is 2. The summed E-state index contributed by atoms with van der Waals surface area (Å²) in [6.45, 7) is 1.99. The molecule has 1 atom stereocenters. The Hall–Kier alpha value is -3.49. The van der Waals surface area contributed by atoms with E-state index in [1.54, 1.807) is 29.2 Å². The first-order valence-electron chi connectivity index (χ1n) is 13.3. The topological polar surface area (TPSA) is 40.5 Å². The zero-order valence-corrected chi connectivity index (χ0v) is 22.1. The standard InChI is InChI=1S/C31H31F6NO2/c1-2-4-23(29(39)40)17-21-5-3-6-26(20-7-10-24(11-8-20)31(35,36)37)27(21)18-22-9-12-25(32)19-28(22)38-15-13-30(33,34)14-16-38/h3,5-12,19,23H,2,4,13-18H2,1H3,(H,39,40). The fourth-order valence-corrected chi connectivity index (χ4v) is 5.32. The molecule has 0 aliphatic carbocycles. The molecule has 1 aliphatic rings. The van der Waals surface area contributed by atoms with E-state index in [1.165, 1.54) is 24.3 Å². The number of carboxylic acids is 1. The second-order valence-electron chi connectivity index (χ2n) is 10.3. The van der Waals surface area contributed by atoms with Crippen molar-refractivity contribution in [2.24, 2.45) is 5.92 Å². The van der Waals surface area contributed by atoms with Gasteiger partial charge in [-0.3, -0.25) is 4.79 Å².